The van der Waals surface area contributed by atoms with E-state index in [0.29, 0.717) is 0 Å². The topological polar surface area (TPSA) is 124 Å². The molecule has 1 unspecified atom stereocenters. The lowest BCUT2D eigenvalue weighted by molar-refractivity contribution is -0.167. The minimum Gasteiger partial charge on any atom is -0.442 e. The molecule has 17 heavy (non-hydrogen) atoms. The number of amides is 4. The Morgan fingerprint density at radius 1 is 1.00 bits per heavy atom. The standard InChI is InChI=1S/C9H12N2O6/c1-4(12)11(5(2)13)9(16)7(8(10)15)17-6(3)14/h7H,1-3H3,(H2,10,15). The van der Waals surface area contributed by atoms with E-state index in [0.717, 1.165) is 20.8 Å². The maximum absolute atomic E-state index is 11.6. The first-order valence-corrected chi connectivity index (χ1v) is 4.50. The van der Waals surface area contributed by atoms with E-state index < -0.39 is 35.7 Å². The number of ether oxygens (including phenoxy) is 1. The number of primary amides is 1. The van der Waals surface area contributed by atoms with Crippen LogP contribution in [0.25, 0.3) is 0 Å². The van der Waals surface area contributed by atoms with Crippen LogP contribution in [0.4, 0.5) is 0 Å². The normalized spacial score (nSPS) is 11.2. The number of rotatable bonds is 3. The Balaban J connectivity index is 5.18. The van der Waals surface area contributed by atoms with Crippen molar-refractivity contribution >= 4 is 29.6 Å². The van der Waals surface area contributed by atoms with Gasteiger partial charge in [-0.25, -0.2) is 4.90 Å². The Bertz CT molecular complexity index is 375. The molecule has 0 aromatic heterocycles. The summed E-state index contributed by atoms with van der Waals surface area (Å²) in [5.74, 6) is -5.29. The summed E-state index contributed by atoms with van der Waals surface area (Å²) in [7, 11) is 0. The Labute approximate surface area is 96.7 Å². The third-order valence-electron chi connectivity index (χ3n) is 1.62. The summed E-state index contributed by atoms with van der Waals surface area (Å²) >= 11 is 0. The number of nitrogens with zero attached hydrogens (tertiary/aromatic N) is 1. The van der Waals surface area contributed by atoms with Crippen LogP contribution in [0, 0.1) is 0 Å². The lowest BCUT2D eigenvalue weighted by atomic mass is 10.2. The summed E-state index contributed by atoms with van der Waals surface area (Å²) in [6.45, 7) is 2.85. The molecular formula is C9H12N2O6. The fraction of sp³-hybridized carbons (Fsp3) is 0.444. The highest BCUT2D eigenvalue weighted by Crippen LogP contribution is 2.02. The molecule has 0 saturated carbocycles. The second-order valence-corrected chi connectivity index (χ2v) is 3.10. The van der Waals surface area contributed by atoms with Gasteiger partial charge in [-0.2, -0.15) is 0 Å². The lowest BCUT2D eigenvalue weighted by Crippen LogP contribution is -2.51. The van der Waals surface area contributed by atoms with Gasteiger partial charge in [0.25, 0.3) is 17.9 Å². The summed E-state index contributed by atoms with van der Waals surface area (Å²) in [6, 6.07) is 0. The Hall–Kier alpha value is -2.25. The van der Waals surface area contributed by atoms with Crippen molar-refractivity contribution in [3.63, 3.8) is 0 Å². The summed E-state index contributed by atoms with van der Waals surface area (Å²) in [5.41, 5.74) is 4.84. The van der Waals surface area contributed by atoms with E-state index in [1.165, 1.54) is 0 Å². The molecular weight excluding hydrogens is 232 g/mol. The van der Waals surface area contributed by atoms with E-state index in [2.05, 4.69) is 4.74 Å². The van der Waals surface area contributed by atoms with Gasteiger partial charge in [-0.1, -0.05) is 0 Å². The van der Waals surface area contributed by atoms with Gasteiger partial charge in [0.2, 0.25) is 11.8 Å². The summed E-state index contributed by atoms with van der Waals surface area (Å²) in [6.07, 6.45) is -1.99. The van der Waals surface area contributed by atoms with Gasteiger partial charge in [0.05, 0.1) is 0 Å². The second-order valence-electron chi connectivity index (χ2n) is 3.10. The highest BCUT2D eigenvalue weighted by Gasteiger charge is 2.35. The molecule has 0 rings (SSSR count). The van der Waals surface area contributed by atoms with Gasteiger partial charge in [-0.15, -0.1) is 0 Å². The minimum absolute atomic E-state index is 0.179. The van der Waals surface area contributed by atoms with Gasteiger partial charge in [-0.05, 0) is 0 Å². The molecule has 4 amide bonds. The number of hydrogen-bond acceptors (Lipinski definition) is 6. The fourth-order valence-corrected chi connectivity index (χ4v) is 1.05. The zero-order chi connectivity index (χ0) is 13.7. The van der Waals surface area contributed by atoms with Crippen molar-refractivity contribution in [2.75, 3.05) is 0 Å². The molecule has 8 nitrogen and oxygen atoms in total. The van der Waals surface area contributed by atoms with Gasteiger partial charge in [0.1, 0.15) is 0 Å². The Morgan fingerprint density at radius 3 is 1.65 bits per heavy atom. The average molecular weight is 244 g/mol. The highest BCUT2D eigenvalue weighted by molar-refractivity contribution is 6.16. The predicted octanol–water partition coefficient (Wildman–Crippen LogP) is -1.67. The predicted molar refractivity (Wildman–Crippen MR) is 53.0 cm³/mol. The molecule has 0 aliphatic rings. The van der Waals surface area contributed by atoms with E-state index >= 15 is 0 Å². The third kappa shape index (κ3) is 4.01. The number of carbonyl (C=O) groups is 5. The van der Waals surface area contributed by atoms with Crippen LogP contribution in [0.5, 0.6) is 0 Å². The highest BCUT2D eigenvalue weighted by atomic mass is 16.6. The SMILES string of the molecule is CC(=O)OC(C(N)=O)C(=O)N(C(C)=O)C(C)=O. The maximum atomic E-state index is 11.6. The fourth-order valence-electron chi connectivity index (χ4n) is 1.05. The van der Waals surface area contributed by atoms with Crippen LogP contribution in [0.15, 0.2) is 0 Å². The van der Waals surface area contributed by atoms with Gasteiger partial charge in [0.15, 0.2) is 0 Å². The van der Waals surface area contributed by atoms with Crippen molar-refractivity contribution in [1.29, 1.82) is 0 Å². The van der Waals surface area contributed by atoms with Crippen LogP contribution in [0.1, 0.15) is 20.8 Å². The molecule has 8 heteroatoms. The first-order chi connectivity index (χ1) is 7.68. The number of nitrogens with two attached hydrogens (primary N) is 1. The number of imide groups is 3. The number of esters is 1. The van der Waals surface area contributed by atoms with Crippen LogP contribution in [-0.2, 0) is 28.7 Å². The summed E-state index contributed by atoms with van der Waals surface area (Å²) < 4.78 is 4.35. The van der Waals surface area contributed by atoms with Gasteiger partial charge in [-0.3, -0.25) is 24.0 Å². The molecule has 0 fully saturated rings. The average Bonchev–Trinajstić information content (AvgIpc) is 2.11. The van der Waals surface area contributed by atoms with Crippen molar-refractivity contribution < 1.29 is 28.7 Å². The molecule has 1 atom stereocenters. The molecule has 0 spiro atoms. The zero-order valence-electron chi connectivity index (χ0n) is 9.55. The minimum atomic E-state index is -1.99. The van der Waals surface area contributed by atoms with Crippen molar-refractivity contribution in [3.05, 3.63) is 0 Å². The second kappa shape index (κ2) is 5.73. The van der Waals surface area contributed by atoms with Gasteiger partial charge < -0.3 is 10.5 Å². The number of carbonyl (C=O) groups excluding carboxylic acids is 5. The number of hydrogen-bond donors (Lipinski definition) is 1. The molecule has 0 aliphatic carbocycles. The molecule has 0 aromatic rings. The maximum Gasteiger partial charge on any atom is 0.303 e. The molecule has 2 N–H and O–H groups in total. The molecule has 94 valence electrons. The first-order valence-electron chi connectivity index (χ1n) is 4.50. The third-order valence-corrected chi connectivity index (χ3v) is 1.62. The zero-order valence-corrected chi connectivity index (χ0v) is 9.55. The molecule has 0 aromatic carbocycles. The smallest absolute Gasteiger partial charge is 0.303 e. The van der Waals surface area contributed by atoms with Crippen LogP contribution >= 0.6 is 0 Å². The largest absolute Gasteiger partial charge is 0.442 e. The van der Waals surface area contributed by atoms with E-state index in [4.69, 9.17) is 5.73 Å². The quantitative estimate of drug-likeness (QED) is 0.467. The molecule has 0 bridgehead atoms. The van der Waals surface area contributed by atoms with Crippen molar-refractivity contribution in [2.24, 2.45) is 5.73 Å². The van der Waals surface area contributed by atoms with Crippen LogP contribution in [0.3, 0.4) is 0 Å². The summed E-state index contributed by atoms with van der Waals surface area (Å²) in [5, 5.41) is 0. The Morgan fingerprint density at radius 2 is 1.41 bits per heavy atom. The molecule has 0 saturated heterocycles. The van der Waals surface area contributed by atoms with E-state index in [-0.39, 0.29) is 4.90 Å². The molecule has 0 heterocycles. The summed E-state index contributed by atoms with van der Waals surface area (Å²) in [4.78, 5) is 55.4. The van der Waals surface area contributed by atoms with Gasteiger partial charge in [0, 0.05) is 20.8 Å². The monoisotopic (exact) mass is 244 g/mol. The van der Waals surface area contributed by atoms with Crippen molar-refractivity contribution in [2.45, 2.75) is 26.9 Å². The van der Waals surface area contributed by atoms with Crippen molar-refractivity contribution in [1.82, 2.24) is 4.90 Å². The van der Waals surface area contributed by atoms with E-state index in [1.807, 2.05) is 0 Å². The van der Waals surface area contributed by atoms with Crippen LogP contribution < -0.4 is 5.73 Å². The van der Waals surface area contributed by atoms with Crippen LogP contribution in [0.2, 0.25) is 0 Å². The molecule has 0 aliphatic heterocycles. The van der Waals surface area contributed by atoms with Crippen LogP contribution in [-0.4, -0.2) is 40.6 Å². The Kier molecular flexibility index (Phi) is 4.97. The first kappa shape index (κ1) is 14.8. The molecule has 0 radical (unpaired) electrons. The van der Waals surface area contributed by atoms with Gasteiger partial charge >= 0.3 is 5.97 Å². The van der Waals surface area contributed by atoms with E-state index in [1.54, 1.807) is 0 Å². The lowest BCUT2D eigenvalue weighted by Gasteiger charge is -2.19. The van der Waals surface area contributed by atoms with Crippen molar-refractivity contribution in [3.8, 4) is 0 Å². The van der Waals surface area contributed by atoms with E-state index in [9.17, 15) is 24.0 Å².